The number of rotatable bonds is 2. The SMILES string of the molecule is Cc1c(N)nc(C2CC2)nc1-c1ccc(C#N)s1. The molecule has 4 nitrogen and oxygen atoms in total. The van der Waals surface area contributed by atoms with Crippen LogP contribution in [0.1, 0.15) is 35.0 Å². The third-order valence-corrected chi connectivity index (χ3v) is 4.09. The summed E-state index contributed by atoms with van der Waals surface area (Å²) in [6.45, 7) is 1.92. The molecule has 18 heavy (non-hydrogen) atoms. The topological polar surface area (TPSA) is 75.6 Å². The highest BCUT2D eigenvalue weighted by Gasteiger charge is 2.28. The molecule has 1 fully saturated rings. The molecule has 5 heteroatoms. The van der Waals surface area contributed by atoms with Gasteiger partial charge in [0.2, 0.25) is 0 Å². The van der Waals surface area contributed by atoms with Crippen LogP contribution in [0, 0.1) is 18.3 Å². The molecule has 0 unspecified atom stereocenters. The normalized spacial score (nSPS) is 14.4. The minimum Gasteiger partial charge on any atom is -0.383 e. The first-order valence-corrected chi connectivity index (χ1v) is 6.65. The second-order valence-electron chi connectivity index (χ2n) is 4.49. The molecule has 0 bridgehead atoms. The Morgan fingerprint density at radius 3 is 2.78 bits per heavy atom. The molecule has 2 aromatic heterocycles. The van der Waals surface area contributed by atoms with Gasteiger partial charge in [-0.05, 0) is 31.9 Å². The van der Waals surface area contributed by atoms with Crippen LogP contribution in [0.3, 0.4) is 0 Å². The van der Waals surface area contributed by atoms with Crippen molar-refractivity contribution in [3.05, 3.63) is 28.4 Å². The van der Waals surface area contributed by atoms with Crippen molar-refractivity contribution in [1.82, 2.24) is 9.97 Å². The third kappa shape index (κ3) is 1.85. The Kier molecular flexibility index (Phi) is 2.53. The molecular weight excluding hydrogens is 244 g/mol. The molecule has 0 amide bonds. The predicted octanol–water partition coefficient (Wildman–Crippen LogP) is 2.84. The average molecular weight is 256 g/mol. The van der Waals surface area contributed by atoms with Crippen molar-refractivity contribution in [3.8, 4) is 16.6 Å². The van der Waals surface area contributed by atoms with Gasteiger partial charge in [-0.15, -0.1) is 11.3 Å². The molecule has 0 atom stereocenters. The number of nitrogens with two attached hydrogens (primary N) is 1. The number of aromatic nitrogens is 2. The van der Waals surface area contributed by atoms with Crippen LogP contribution < -0.4 is 5.73 Å². The molecular formula is C13H12N4S. The van der Waals surface area contributed by atoms with Crippen LogP contribution in [0.5, 0.6) is 0 Å². The van der Waals surface area contributed by atoms with Crippen LogP contribution >= 0.6 is 11.3 Å². The first-order chi connectivity index (χ1) is 8.69. The summed E-state index contributed by atoms with van der Waals surface area (Å²) in [5, 5.41) is 8.88. The lowest BCUT2D eigenvalue weighted by molar-refractivity contribution is 0.929. The van der Waals surface area contributed by atoms with Crippen LogP contribution in [0.15, 0.2) is 12.1 Å². The quantitative estimate of drug-likeness (QED) is 0.896. The highest BCUT2D eigenvalue weighted by atomic mass is 32.1. The summed E-state index contributed by atoms with van der Waals surface area (Å²) in [5.41, 5.74) is 7.72. The molecule has 90 valence electrons. The van der Waals surface area contributed by atoms with Crippen LogP contribution in [0.2, 0.25) is 0 Å². The van der Waals surface area contributed by atoms with Crippen molar-refractivity contribution in [2.24, 2.45) is 0 Å². The van der Waals surface area contributed by atoms with E-state index >= 15 is 0 Å². The van der Waals surface area contributed by atoms with E-state index in [0.29, 0.717) is 16.6 Å². The molecule has 3 rings (SSSR count). The van der Waals surface area contributed by atoms with Crippen LogP contribution in [-0.2, 0) is 0 Å². The molecule has 1 aliphatic rings. The van der Waals surface area contributed by atoms with E-state index in [1.165, 1.54) is 11.3 Å². The Hall–Kier alpha value is -1.93. The fourth-order valence-corrected chi connectivity index (χ4v) is 2.69. The van der Waals surface area contributed by atoms with E-state index in [0.717, 1.165) is 34.8 Å². The lowest BCUT2D eigenvalue weighted by Crippen LogP contribution is -2.03. The van der Waals surface area contributed by atoms with Gasteiger partial charge in [0.05, 0.1) is 10.6 Å². The van der Waals surface area contributed by atoms with E-state index in [1.54, 1.807) is 0 Å². The molecule has 0 saturated heterocycles. The maximum Gasteiger partial charge on any atom is 0.134 e. The Morgan fingerprint density at radius 2 is 2.17 bits per heavy atom. The van der Waals surface area contributed by atoms with E-state index < -0.39 is 0 Å². The van der Waals surface area contributed by atoms with E-state index in [2.05, 4.69) is 16.0 Å². The zero-order valence-corrected chi connectivity index (χ0v) is 10.8. The first kappa shape index (κ1) is 11.2. The van der Waals surface area contributed by atoms with Crippen molar-refractivity contribution in [2.45, 2.75) is 25.7 Å². The molecule has 1 saturated carbocycles. The summed E-state index contributed by atoms with van der Waals surface area (Å²) >= 11 is 1.44. The van der Waals surface area contributed by atoms with Gasteiger partial charge >= 0.3 is 0 Å². The standard InChI is InChI=1S/C13H12N4S/c1-7-11(10-5-4-9(6-14)18-10)16-13(8-2-3-8)17-12(7)15/h4-5,8H,2-3H2,1H3,(H2,15,16,17). The van der Waals surface area contributed by atoms with Gasteiger partial charge in [0.15, 0.2) is 0 Å². The number of nitrogen functional groups attached to an aromatic ring is 1. The number of thiophene rings is 1. The number of anilines is 1. The fourth-order valence-electron chi connectivity index (χ4n) is 1.84. The summed E-state index contributed by atoms with van der Waals surface area (Å²) in [5.74, 6) is 1.87. The molecule has 2 N–H and O–H groups in total. The van der Waals surface area contributed by atoms with Gasteiger partial charge in [-0.25, -0.2) is 9.97 Å². The number of nitriles is 1. The summed E-state index contributed by atoms with van der Waals surface area (Å²) < 4.78 is 0. The summed E-state index contributed by atoms with van der Waals surface area (Å²) in [7, 11) is 0. The maximum absolute atomic E-state index is 8.88. The second kappa shape index (κ2) is 4.07. The zero-order valence-electron chi connectivity index (χ0n) is 9.97. The lowest BCUT2D eigenvalue weighted by Gasteiger charge is -2.08. The molecule has 0 aliphatic heterocycles. The average Bonchev–Trinajstić information content (AvgIpc) is 3.11. The van der Waals surface area contributed by atoms with E-state index in [4.69, 9.17) is 11.0 Å². The molecule has 0 spiro atoms. The molecule has 2 aromatic rings. The Balaban J connectivity index is 2.12. The highest BCUT2D eigenvalue weighted by Crippen LogP contribution is 2.40. The van der Waals surface area contributed by atoms with Crippen LogP contribution in [-0.4, -0.2) is 9.97 Å². The van der Waals surface area contributed by atoms with E-state index in [9.17, 15) is 0 Å². The van der Waals surface area contributed by atoms with Gasteiger partial charge in [0, 0.05) is 11.5 Å². The van der Waals surface area contributed by atoms with E-state index in [1.807, 2.05) is 19.1 Å². The highest BCUT2D eigenvalue weighted by molar-refractivity contribution is 7.16. The van der Waals surface area contributed by atoms with Crippen LogP contribution in [0.4, 0.5) is 5.82 Å². The van der Waals surface area contributed by atoms with Crippen molar-refractivity contribution in [3.63, 3.8) is 0 Å². The predicted molar refractivity (Wildman–Crippen MR) is 71.2 cm³/mol. The second-order valence-corrected chi connectivity index (χ2v) is 5.57. The number of hydrogen-bond donors (Lipinski definition) is 1. The zero-order chi connectivity index (χ0) is 12.7. The maximum atomic E-state index is 8.88. The van der Waals surface area contributed by atoms with Gasteiger partial charge in [0.25, 0.3) is 0 Å². The van der Waals surface area contributed by atoms with Crippen molar-refractivity contribution in [1.29, 1.82) is 5.26 Å². The Bertz CT molecular complexity index is 649. The Morgan fingerprint density at radius 1 is 1.39 bits per heavy atom. The minimum atomic E-state index is 0.474. The van der Waals surface area contributed by atoms with Gasteiger partial charge in [-0.3, -0.25) is 0 Å². The third-order valence-electron chi connectivity index (χ3n) is 3.09. The van der Waals surface area contributed by atoms with Gasteiger partial charge < -0.3 is 5.73 Å². The first-order valence-electron chi connectivity index (χ1n) is 5.83. The van der Waals surface area contributed by atoms with Crippen LogP contribution in [0.25, 0.3) is 10.6 Å². The monoisotopic (exact) mass is 256 g/mol. The minimum absolute atomic E-state index is 0.474. The molecule has 0 radical (unpaired) electrons. The Labute approximate surface area is 109 Å². The lowest BCUT2D eigenvalue weighted by atomic mass is 10.2. The fraction of sp³-hybridized carbons (Fsp3) is 0.308. The largest absolute Gasteiger partial charge is 0.383 e. The summed E-state index contributed by atoms with van der Waals surface area (Å²) in [6, 6.07) is 5.88. The smallest absolute Gasteiger partial charge is 0.134 e. The number of nitrogens with zero attached hydrogens (tertiary/aromatic N) is 3. The van der Waals surface area contributed by atoms with Crippen molar-refractivity contribution < 1.29 is 0 Å². The summed E-state index contributed by atoms with van der Waals surface area (Å²) in [6.07, 6.45) is 2.30. The van der Waals surface area contributed by atoms with E-state index in [-0.39, 0.29) is 0 Å². The molecule has 2 heterocycles. The molecule has 1 aliphatic carbocycles. The molecule has 0 aromatic carbocycles. The van der Waals surface area contributed by atoms with Crippen molar-refractivity contribution >= 4 is 17.2 Å². The summed E-state index contributed by atoms with van der Waals surface area (Å²) in [4.78, 5) is 10.7. The van der Waals surface area contributed by atoms with Gasteiger partial charge in [0.1, 0.15) is 22.6 Å². The number of hydrogen-bond acceptors (Lipinski definition) is 5. The van der Waals surface area contributed by atoms with Gasteiger partial charge in [-0.2, -0.15) is 5.26 Å². The van der Waals surface area contributed by atoms with Gasteiger partial charge in [-0.1, -0.05) is 0 Å². The van der Waals surface area contributed by atoms with Crippen molar-refractivity contribution in [2.75, 3.05) is 5.73 Å².